The predicted molar refractivity (Wildman–Crippen MR) is 63.8 cm³/mol. The molecule has 0 bridgehead atoms. The van der Waals surface area contributed by atoms with Gasteiger partial charge in [-0.15, -0.1) is 0 Å². The smallest absolute Gasteiger partial charge is 0.311 e. The maximum atomic E-state index is 12.8. The Morgan fingerprint density at radius 1 is 1.56 bits per heavy atom. The Labute approximate surface area is 104 Å². The molecule has 1 aromatic heterocycles. The second kappa shape index (κ2) is 3.93. The molecule has 1 aliphatic heterocycles. The summed E-state index contributed by atoms with van der Waals surface area (Å²) in [5, 5.41) is 9.48. The molecule has 1 N–H and O–H groups in total. The van der Waals surface area contributed by atoms with Crippen LogP contribution >= 0.6 is 0 Å². The molecule has 0 spiro atoms. The number of carbonyl (C=O) groups is 1. The molecule has 0 radical (unpaired) electrons. The number of hydrogen-bond donors (Lipinski definition) is 1. The first-order valence-electron chi connectivity index (χ1n) is 6.22. The Bertz CT molecular complexity index is 476. The fourth-order valence-electron chi connectivity index (χ4n) is 3.37. The second-order valence-electron chi connectivity index (χ2n) is 5.27. The Hall–Kier alpha value is -1.65. The van der Waals surface area contributed by atoms with Gasteiger partial charge in [0, 0.05) is 13.1 Å². The maximum absolute atomic E-state index is 12.8. The summed E-state index contributed by atoms with van der Waals surface area (Å²) < 4.78 is 12.8. The molecule has 5 heteroatoms. The van der Waals surface area contributed by atoms with E-state index in [1.54, 1.807) is 6.07 Å². The summed E-state index contributed by atoms with van der Waals surface area (Å²) in [6.45, 7) is 1.20. The lowest BCUT2D eigenvalue weighted by molar-refractivity contribution is -0.149. The van der Waals surface area contributed by atoms with Crippen LogP contribution in [0.1, 0.15) is 19.3 Å². The molecule has 96 valence electrons. The highest BCUT2D eigenvalue weighted by Gasteiger charge is 2.55. The van der Waals surface area contributed by atoms with Crippen LogP contribution in [-0.2, 0) is 4.79 Å². The molecule has 0 unspecified atom stereocenters. The van der Waals surface area contributed by atoms with E-state index in [4.69, 9.17) is 0 Å². The predicted octanol–water partition coefficient (Wildman–Crippen LogP) is 1.91. The summed E-state index contributed by atoms with van der Waals surface area (Å²) in [5.74, 6) is -0.200. The molecule has 1 aliphatic carbocycles. The van der Waals surface area contributed by atoms with Gasteiger partial charge >= 0.3 is 5.97 Å². The van der Waals surface area contributed by atoms with Crippen molar-refractivity contribution in [2.45, 2.75) is 19.3 Å². The van der Waals surface area contributed by atoms with Crippen LogP contribution in [0.15, 0.2) is 18.3 Å². The highest BCUT2D eigenvalue weighted by Crippen LogP contribution is 2.49. The molecule has 1 saturated heterocycles. The van der Waals surface area contributed by atoms with Gasteiger partial charge in [0.2, 0.25) is 0 Å². The van der Waals surface area contributed by atoms with E-state index >= 15 is 0 Å². The molecule has 0 aromatic carbocycles. The van der Waals surface area contributed by atoms with Crippen molar-refractivity contribution in [3.05, 3.63) is 24.1 Å². The first-order chi connectivity index (χ1) is 8.62. The molecular formula is C13H15FN2O2. The van der Waals surface area contributed by atoms with Crippen LogP contribution in [0.2, 0.25) is 0 Å². The lowest BCUT2D eigenvalue weighted by Crippen LogP contribution is -2.35. The van der Waals surface area contributed by atoms with Gasteiger partial charge in [0.25, 0.3) is 0 Å². The van der Waals surface area contributed by atoms with Crippen molar-refractivity contribution in [3.8, 4) is 0 Å². The van der Waals surface area contributed by atoms with E-state index < -0.39 is 11.4 Å². The third kappa shape index (κ3) is 1.57. The van der Waals surface area contributed by atoms with E-state index in [1.165, 1.54) is 12.3 Å². The summed E-state index contributed by atoms with van der Waals surface area (Å²) >= 11 is 0. The Morgan fingerprint density at radius 2 is 2.39 bits per heavy atom. The first kappa shape index (κ1) is 11.4. The third-order valence-electron chi connectivity index (χ3n) is 4.33. The molecular weight excluding hydrogens is 235 g/mol. The number of hydrogen-bond acceptors (Lipinski definition) is 3. The quantitative estimate of drug-likeness (QED) is 0.871. The average molecular weight is 250 g/mol. The van der Waals surface area contributed by atoms with Gasteiger partial charge < -0.3 is 10.0 Å². The van der Waals surface area contributed by atoms with Crippen LogP contribution in [0, 0.1) is 17.2 Å². The summed E-state index contributed by atoms with van der Waals surface area (Å²) in [5.41, 5.74) is -0.615. The third-order valence-corrected chi connectivity index (χ3v) is 4.33. The number of aliphatic carboxylic acids is 1. The molecule has 2 heterocycles. The average Bonchev–Trinajstić information content (AvgIpc) is 2.87. The number of anilines is 1. The van der Waals surface area contributed by atoms with Gasteiger partial charge in [-0.1, -0.05) is 6.42 Å². The van der Waals surface area contributed by atoms with E-state index in [0.29, 0.717) is 18.9 Å². The van der Waals surface area contributed by atoms with Crippen molar-refractivity contribution in [1.29, 1.82) is 0 Å². The van der Waals surface area contributed by atoms with Crippen molar-refractivity contribution >= 4 is 11.8 Å². The van der Waals surface area contributed by atoms with E-state index in [-0.39, 0.29) is 11.7 Å². The van der Waals surface area contributed by atoms with Gasteiger partial charge in [-0.3, -0.25) is 4.79 Å². The van der Waals surface area contributed by atoms with Crippen molar-refractivity contribution < 1.29 is 14.3 Å². The van der Waals surface area contributed by atoms with Gasteiger partial charge in [0.1, 0.15) is 11.6 Å². The van der Waals surface area contributed by atoms with Gasteiger partial charge in [-0.05, 0) is 30.9 Å². The second-order valence-corrected chi connectivity index (χ2v) is 5.27. The lowest BCUT2D eigenvalue weighted by Gasteiger charge is -2.23. The minimum Gasteiger partial charge on any atom is -0.481 e. The zero-order valence-electron chi connectivity index (χ0n) is 9.97. The standard InChI is InChI=1S/C13H15FN2O2/c14-10-3-4-11(15-6-10)16-7-9-2-1-5-13(9,8-16)12(17)18/h3-4,6,9H,1-2,5,7-8H2,(H,17,18)/t9-,13+/m0/s1. The van der Waals surface area contributed by atoms with E-state index in [0.717, 1.165) is 19.3 Å². The van der Waals surface area contributed by atoms with E-state index in [1.807, 2.05) is 4.90 Å². The van der Waals surface area contributed by atoms with Crippen LogP contribution in [0.4, 0.5) is 10.2 Å². The van der Waals surface area contributed by atoms with Gasteiger partial charge in [0.05, 0.1) is 11.6 Å². The van der Waals surface area contributed by atoms with Crippen LogP contribution in [0.25, 0.3) is 0 Å². The molecule has 1 saturated carbocycles. The molecule has 18 heavy (non-hydrogen) atoms. The molecule has 2 atom stereocenters. The van der Waals surface area contributed by atoms with Crippen molar-refractivity contribution in [2.75, 3.05) is 18.0 Å². The Kier molecular flexibility index (Phi) is 2.50. The maximum Gasteiger partial charge on any atom is 0.311 e. The van der Waals surface area contributed by atoms with Crippen LogP contribution in [0.5, 0.6) is 0 Å². The highest BCUT2D eigenvalue weighted by atomic mass is 19.1. The number of aromatic nitrogens is 1. The number of rotatable bonds is 2. The topological polar surface area (TPSA) is 53.4 Å². The number of carboxylic acids is 1. The summed E-state index contributed by atoms with van der Waals surface area (Å²) in [6.07, 6.45) is 3.87. The zero-order valence-corrected chi connectivity index (χ0v) is 9.97. The van der Waals surface area contributed by atoms with Gasteiger partial charge in [-0.2, -0.15) is 0 Å². The Morgan fingerprint density at radius 3 is 3.00 bits per heavy atom. The van der Waals surface area contributed by atoms with Crippen LogP contribution < -0.4 is 4.90 Å². The fourth-order valence-corrected chi connectivity index (χ4v) is 3.37. The number of fused-ring (bicyclic) bond motifs is 1. The fraction of sp³-hybridized carbons (Fsp3) is 0.538. The number of halogens is 1. The van der Waals surface area contributed by atoms with E-state index in [2.05, 4.69) is 4.98 Å². The molecule has 1 aromatic rings. The molecule has 2 fully saturated rings. The summed E-state index contributed by atoms with van der Waals surface area (Å²) in [4.78, 5) is 17.5. The van der Waals surface area contributed by atoms with Crippen LogP contribution in [-0.4, -0.2) is 29.1 Å². The largest absolute Gasteiger partial charge is 0.481 e. The SMILES string of the molecule is O=C(O)[C@@]12CCC[C@H]1CN(c1ccc(F)cn1)C2. The number of nitrogens with zero attached hydrogens (tertiary/aromatic N) is 2. The normalized spacial score (nSPS) is 30.5. The van der Waals surface area contributed by atoms with Crippen molar-refractivity contribution in [1.82, 2.24) is 4.98 Å². The first-order valence-corrected chi connectivity index (χ1v) is 6.22. The van der Waals surface area contributed by atoms with Crippen molar-refractivity contribution in [3.63, 3.8) is 0 Å². The van der Waals surface area contributed by atoms with Gasteiger partial charge in [0.15, 0.2) is 0 Å². The number of carboxylic acid groups (broad SMARTS) is 1. The van der Waals surface area contributed by atoms with Gasteiger partial charge in [-0.25, -0.2) is 9.37 Å². The van der Waals surface area contributed by atoms with Crippen LogP contribution in [0.3, 0.4) is 0 Å². The summed E-state index contributed by atoms with van der Waals surface area (Å²) in [6, 6.07) is 2.98. The molecule has 0 amide bonds. The Balaban J connectivity index is 1.86. The van der Waals surface area contributed by atoms with E-state index in [9.17, 15) is 14.3 Å². The highest BCUT2D eigenvalue weighted by molar-refractivity contribution is 5.77. The minimum absolute atomic E-state index is 0.196. The number of pyridine rings is 1. The lowest BCUT2D eigenvalue weighted by atomic mass is 9.81. The monoisotopic (exact) mass is 250 g/mol. The zero-order chi connectivity index (χ0) is 12.8. The summed E-state index contributed by atoms with van der Waals surface area (Å²) in [7, 11) is 0. The minimum atomic E-state index is -0.699. The molecule has 4 nitrogen and oxygen atoms in total. The molecule has 2 aliphatic rings. The molecule has 3 rings (SSSR count). The van der Waals surface area contributed by atoms with Crippen molar-refractivity contribution in [2.24, 2.45) is 11.3 Å².